The summed E-state index contributed by atoms with van der Waals surface area (Å²) in [7, 11) is 4.80. The molecule has 6 aromatic carbocycles. The predicted molar refractivity (Wildman–Crippen MR) is 322 cm³/mol. The first-order valence-electron chi connectivity index (χ1n) is 28.0. The second-order valence-corrected chi connectivity index (χ2v) is 21.3. The predicted octanol–water partition coefficient (Wildman–Crippen LogP) is 11.6. The molecule has 16 nitrogen and oxygen atoms in total. The Morgan fingerprint density at radius 3 is 1.38 bits per heavy atom. The van der Waals surface area contributed by atoms with Gasteiger partial charge in [-0.15, -0.1) is 10.2 Å². The molecule has 16 heteroatoms. The number of hydrogen-bond donors (Lipinski definition) is 1. The molecule has 4 heterocycles. The first-order valence-corrected chi connectivity index (χ1v) is 28.0. The van der Waals surface area contributed by atoms with E-state index in [2.05, 4.69) is 68.7 Å². The lowest BCUT2D eigenvalue weighted by molar-refractivity contribution is -0.168. The number of carbonyl (C=O) groups is 4. The number of ether oxygens (including phenoxy) is 1. The number of nitrogens with zero attached hydrogens (tertiary/aromatic N) is 9. The van der Waals surface area contributed by atoms with Crippen molar-refractivity contribution < 1.29 is 33.9 Å². The average Bonchev–Trinajstić information content (AvgIpc) is 3.60. The van der Waals surface area contributed by atoms with Crippen molar-refractivity contribution in [3.63, 3.8) is 0 Å². The topological polar surface area (TPSA) is 178 Å². The number of benzene rings is 6. The Kier molecular flexibility index (Phi) is 20.4. The summed E-state index contributed by atoms with van der Waals surface area (Å²) in [4.78, 5) is 60.8. The summed E-state index contributed by atoms with van der Waals surface area (Å²) in [5.41, 5.74) is 20.1. The molecule has 2 atom stereocenters. The molecule has 0 aliphatic carbocycles. The Balaban J connectivity index is 0.000000220. The van der Waals surface area contributed by atoms with E-state index in [1.165, 1.54) is 34.4 Å². The number of carbonyl (C=O) groups excluding carboxylic acids is 3. The molecule has 8 aromatic rings. The molecule has 432 valence electrons. The van der Waals surface area contributed by atoms with Gasteiger partial charge in [0.2, 0.25) is 5.91 Å². The fourth-order valence-corrected chi connectivity index (χ4v) is 11.0. The Morgan fingerprint density at radius 1 is 0.573 bits per heavy atom. The van der Waals surface area contributed by atoms with Crippen LogP contribution in [0.2, 0.25) is 0 Å². The fraction of sp³-hybridized carbons (Fsp3) is 0.394. The molecule has 2 aromatic heterocycles. The van der Waals surface area contributed by atoms with Gasteiger partial charge in [-0.05, 0) is 189 Å². The van der Waals surface area contributed by atoms with E-state index in [9.17, 15) is 24.3 Å². The Labute approximate surface area is 483 Å². The molecule has 3 amide bonds. The van der Waals surface area contributed by atoms with Gasteiger partial charge in [-0.2, -0.15) is 0 Å². The molecular weight excluding hydrogens is 1030 g/mol. The Bertz CT molecular complexity index is 3620. The molecule has 10 rings (SSSR count). The van der Waals surface area contributed by atoms with Crippen molar-refractivity contribution >= 4 is 45.8 Å². The van der Waals surface area contributed by atoms with Gasteiger partial charge < -0.3 is 19.6 Å². The lowest BCUT2D eigenvalue weighted by Crippen LogP contribution is -2.36. The standard InChI is InChI=1S/C32H37N5O3.C30H32N4O3.C3H8O.CH4/c1-7-37-29-13-12-27(22(4)31(29)33-34-37)28(18-30(38)35(5)40-6)24-11-10-23-14-15-36(19-26(23)17-24)32(39)25-9-8-20(2)21(3)16-25;1-5-34-27-11-10-25(20(4)29(27)31-32-34)26(16-28(35)36)22-9-8-21-12-13-33(17-24(21)15-22)30(37)23-7-6-18(2)19(3)14-23;1-3-4-2;/h8-13,16-17,28H,7,14-15,18-19H2,1-6H3;6-11,14-15,26H,5,12-13,16-17H2,1-4H3,(H,35,36);3H2,1-2H3;1H4/t28-;26-;;/m00../s1. The molecule has 0 saturated carbocycles. The molecular formula is C66H81N9O7. The Hall–Kier alpha value is -8.08. The minimum absolute atomic E-state index is 0. The number of aromatic nitrogens is 6. The Morgan fingerprint density at radius 2 is 1.00 bits per heavy atom. The summed E-state index contributed by atoms with van der Waals surface area (Å²) in [6.45, 7) is 22.9. The SMILES string of the molecule is C.CCOC.CCn1nnc2c(C)c([C@@H](CC(=O)N(C)OC)c3ccc4c(c3)CN(C(=O)c3ccc(C)c(C)c3)CC4)ccc21.CCn1nnc2c(C)c([C@@H](CC(=O)O)c3ccc4c(c3)CN(C(=O)c3ccc(C)c(C)c3)CC4)ccc21. The highest BCUT2D eigenvalue weighted by atomic mass is 16.7. The first-order chi connectivity index (χ1) is 38.9. The molecule has 0 bridgehead atoms. The first kappa shape index (κ1) is 61.5. The van der Waals surface area contributed by atoms with Gasteiger partial charge in [0.05, 0.1) is 24.6 Å². The van der Waals surface area contributed by atoms with Gasteiger partial charge in [0.15, 0.2) is 0 Å². The van der Waals surface area contributed by atoms with Crippen LogP contribution in [0.1, 0.15) is 151 Å². The third-order valence-corrected chi connectivity index (χ3v) is 16.4. The van der Waals surface area contributed by atoms with Crippen molar-refractivity contribution in [2.45, 2.75) is 133 Å². The van der Waals surface area contributed by atoms with Crippen LogP contribution in [0.15, 0.2) is 97.1 Å². The van der Waals surface area contributed by atoms with Crippen molar-refractivity contribution in [2.75, 3.05) is 41.0 Å². The van der Waals surface area contributed by atoms with E-state index in [4.69, 9.17) is 4.84 Å². The summed E-state index contributed by atoms with van der Waals surface area (Å²) in [5.74, 6) is -1.43. The summed E-state index contributed by atoms with van der Waals surface area (Å²) >= 11 is 0. The van der Waals surface area contributed by atoms with Crippen molar-refractivity contribution in [1.29, 1.82) is 0 Å². The van der Waals surface area contributed by atoms with Crippen molar-refractivity contribution in [2.24, 2.45) is 0 Å². The van der Waals surface area contributed by atoms with Crippen LogP contribution in [-0.4, -0.2) is 115 Å². The highest BCUT2D eigenvalue weighted by Crippen LogP contribution is 2.38. The van der Waals surface area contributed by atoms with Crippen LogP contribution in [0.5, 0.6) is 0 Å². The van der Waals surface area contributed by atoms with Crippen LogP contribution in [0.3, 0.4) is 0 Å². The van der Waals surface area contributed by atoms with Crippen LogP contribution in [0.25, 0.3) is 22.1 Å². The van der Waals surface area contributed by atoms with Gasteiger partial charge in [0.1, 0.15) is 11.0 Å². The molecule has 0 saturated heterocycles. The average molecular weight is 1110 g/mol. The molecule has 0 radical (unpaired) electrons. The van der Waals surface area contributed by atoms with E-state index < -0.39 is 5.97 Å². The number of amides is 3. The third kappa shape index (κ3) is 13.3. The highest BCUT2D eigenvalue weighted by molar-refractivity contribution is 5.95. The number of hydrogen-bond acceptors (Lipinski definition) is 10. The van der Waals surface area contributed by atoms with Crippen LogP contribution < -0.4 is 0 Å². The maximum absolute atomic E-state index is 13.4. The molecule has 0 fully saturated rings. The van der Waals surface area contributed by atoms with Crippen molar-refractivity contribution in [3.05, 3.63) is 186 Å². The number of carboxylic acid groups (broad SMARTS) is 1. The maximum atomic E-state index is 13.4. The largest absolute Gasteiger partial charge is 0.481 e. The van der Waals surface area contributed by atoms with Gasteiger partial charge in [-0.25, -0.2) is 14.4 Å². The normalized spacial score (nSPS) is 13.4. The minimum Gasteiger partial charge on any atom is -0.481 e. The van der Waals surface area contributed by atoms with Crippen LogP contribution in [-0.2, 0) is 58.2 Å². The zero-order valence-corrected chi connectivity index (χ0v) is 49.1. The number of aryl methyl sites for hydroxylation is 8. The second-order valence-electron chi connectivity index (χ2n) is 21.3. The quantitative estimate of drug-likeness (QED) is 0.102. The minimum atomic E-state index is -0.856. The fourth-order valence-electron chi connectivity index (χ4n) is 11.0. The third-order valence-electron chi connectivity index (χ3n) is 16.4. The number of carboxylic acids is 1. The lowest BCUT2D eigenvalue weighted by Gasteiger charge is -2.30. The lowest BCUT2D eigenvalue weighted by atomic mass is 9.83. The molecule has 82 heavy (non-hydrogen) atoms. The van der Waals surface area contributed by atoms with E-state index in [0.717, 1.165) is 116 Å². The summed E-state index contributed by atoms with van der Waals surface area (Å²) in [6.07, 6.45) is 1.79. The van der Waals surface area contributed by atoms with E-state index in [0.29, 0.717) is 31.7 Å². The number of fused-ring (bicyclic) bond motifs is 4. The van der Waals surface area contributed by atoms with Gasteiger partial charge in [-0.3, -0.25) is 24.0 Å². The van der Waals surface area contributed by atoms with E-state index in [-0.39, 0.29) is 49.8 Å². The number of hydroxylamine groups is 2. The molecule has 2 aliphatic heterocycles. The zero-order chi connectivity index (χ0) is 58.2. The van der Waals surface area contributed by atoms with E-state index in [1.54, 1.807) is 14.2 Å². The molecule has 2 aliphatic rings. The zero-order valence-electron chi connectivity index (χ0n) is 49.1. The second kappa shape index (κ2) is 27.1. The van der Waals surface area contributed by atoms with E-state index >= 15 is 0 Å². The summed E-state index contributed by atoms with van der Waals surface area (Å²) < 4.78 is 8.27. The van der Waals surface area contributed by atoms with Gasteiger partial charge >= 0.3 is 5.97 Å². The number of rotatable bonds is 14. The summed E-state index contributed by atoms with van der Waals surface area (Å²) in [5, 5.41) is 28.4. The monoisotopic (exact) mass is 1110 g/mol. The number of aliphatic carboxylic acids is 1. The van der Waals surface area contributed by atoms with Gasteiger partial charge in [-0.1, -0.05) is 78.5 Å². The molecule has 1 N–H and O–H groups in total. The maximum Gasteiger partial charge on any atom is 0.304 e. The molecule has 0 unspecified atom stereocenters. The van der Waals surface area contributed by atoms with Crippen LogP contribution in [0.4, 0.5) is 0 Å². The molecule has 0 spiro atoms. The summed E-state index contributed by atoms with van der Waals surface area (Å²) in [6, 6.07) is 32.6. The highest BCUT2D eigenvalue weighted by Gasteiger charge is 2.29. The van der Waals surface area contributed by atoms with Crippen LogP contribution >= 0.6 is 0 Å². The van der Waals surface area contributed by atoms with Crippen LogP contribution in [0, 0.1) is 41.5 Å². The van der Waals surface area contributed by atoms with Crippen molar-refractivity contribution in [3.8, 4) is 0 Å². The van der Waals surface area contributed by atoms with E-state index in [1.807, 2.05) is 135 Å². The van der Waals surface area contributed by atoms with Crippen molar-refractivity contribution in [1.82, 2.24) is 44.9 Å². The number of methoxy groups -OCH3 is 1. The van der Waals surface area contributed by atoms with Gasteiger partial charge in [0.25, 0.3) is 11.8 Å². The smallest absolute Gasteiger partial charge is 0.304 e. The van der Waals surface area contributed by atoms with Gasteiger partial charge in [0, 0.05) is 89.4 Å².